The van der Waals surface area contributed by atoms with Gasteiger partial charge in [0.15, 0.2) is 5.52 Å². The first-order chi connectivity index (χ1) is 10.3. The van der Waals surface area contributed by atoms with Gasteiger partial charge in [0.1, 0.15) is 11.4 Å². The van der Waals surface area contributed by atoms with Gasteiger partial charge in [0.2, 0.25) is 0 Å². The third-order valence-electron chi connectivity index (χ3n) is 2.73. The van der Waals surface area contributed by atoms with Gasteiger partial charge < -0.3 is 4.74 Å². The van der Waals surface area contributed by atoms with Crippen LogP contribution in [-0.2, 0) is 0 Å². The molecule has 2 nitrogen and oxygen atoms in total. The number of rotatable bonds is 4. The summed E-state index contributed by atoms with van der Waals surface area (Å²) in [6, 6.07) is 12.6. The summed E-state index contributed by atoms with van der Waals surface area (Å²) in [6.07, 6.45) is 0. The Morgan fingerprint density at radius 2 is 1.52 bits per heavy atom. The van der Waals surface area contributed by atoms with Gasteiger partial charge in [-0.25, -0.2) is 0 Å². The van der Waals surface area contributed by atoms with Crippen molar-refractivity contribution < 1.29 is 28.4 Å². The minimum absolute atomic E-state index is 0. The predicted molar refractivity (Wildman–Crippen MR) is 95.6 cm³/mol. The molecule has 0 aliphatic heterocycles. The second-order valence-corrected chi connectivity index (χ2v) is 7.89. The van der Waals surface area contributed by atoms with Crippen molar-refractivity contribution in [3.8, 4) is 5.75 Å². The molecule has 2 aromatic rings. The van der Waals surface area contributed by atoms with E-state index in [1.54, 1.807) is 18.2 Å². The number of halogens is 2. The quantitative estimate of drug-likeness (QED) is 0.617. The van der Waals surface area contributed by atoms with Crippen molar-refractivity contribution in [2.45, 2.75) is 26.4 Å². The van der Waals surface area contributed by atoms with E-state index in [-0.39, 0.29) is 38.6 Å². The Morgan fingerprint density at radius 3 is 2.00 bits per heavy atom. The van der Waals surface area contributed by atoms with Crippen molar-refractivity contribution in [3.05, 3.63) is 58.1 Å². The van der Waals surface area contributed by atoms with Crippen LogP contribution in [0.25, 0.3) is 0 Å². The van der Waals surface area contributed by atoms with Crippen LogP contribution < -0.4 is 28.9 Å². The van der Waals surface area contributed by atoms with E-state index in [4.69, 9.17) is 27.9 Å². The molecule has 0 saturated heterocycles. The zero-order valence-electron chi connectivity index (χ0n) is 13.6. The van der Waals surface area contributed by atoms with Crippen LogP contribution in [0.15, 0.2) is 42.5 Å². The molecular formula is C17H17Cl2LiO2P+. The standard InChI is InChI=1S/C17H17Cl2O2P.Li/c1-17(2,3)21-11-7-9-12(10-8-11)22-16(20)15-13(18)5-4-6-14(15)19;/h4-10,22H,1-3H3;/q;+1. The van der Waals surface area contributed by atoms with E-state index in [0.29, 0.717) is 15.6 Å². The van der Waals surface area contributed by atoms with E-state index in [2.05, 4.69) is 0 Å². The molecule has 1 atom stereocenters. The van der Waals surface area contributed by atoms with Crippen molar-refractivity contribution in [2.24, 2.45) is 0 Å². The minimum Gasteiger partial charge on any atom is -0.488 e. The van der Waals surface area contributed by atoms with Gasteiger partial charge in [-0.15, -0.1) is 0 Å². The van der Waals surface area contributed by atoms with E-state index in [9.17, 15) is 4.79 Å². The molecule has 0 bridgehead atoms. The largest absolute Gasteiger partial charge is 1.00 e. The van der Waals surface area contributed by atoms with E-state index in [0.717, 1.165) is 11.1 Å². The van der Waals surface area contributed by atoms with E-state index in [1.165, 1.54) is 0 Å². The molecular weight excluding hydrogens is 345 g/mol. The normalized spacial score (nSPS) is 11.3. The van der Waals surface area contributed by atoms with Crippen molar-refractivity contribution in [3.63, 3.8) is 0 Å². The number of hydrogen-bond acceptors (Lipinski definition) is 2. The first-order valence-electron chi connectivity index (χ1n) is 6.81. The van der Waals surface area contributed by atoms with Crippen LogP contribution in [-0.4, -0.2) is 11.1 Å². The average molecular weight is 362 g/mol. The molecule has 0 aromatic heterocycles. The predicted octanol–water partition coefficient (Wildman–Crippen LogP) is 2.32. The Hall–Kier alpha value is -0.483. The Kier molecular flexibility index (Phi) is 7.66. The Balaban J connectivity index is 0.00000264. The summed E-state index contributed by atoms with van der Waals surface area (Å²) in [6.45, 7) is 5.97. The Bertz CT molecular complexity index is 662. The molecule has 116 valence electrons. The minimum atomic E-state index is -0.245. The molecule has 0 fully saturated rings. The zero-order valence-corrected chi connectivity index (χ0v) is 16.1. The van der Waals surface area contributed by atoms with Gasteiger partial charge in [0.25, 0.3) is 0 Å². The molecule has 2 aromatic carbocycles. The maximum absolute atomic E-state index is 12.4. The van der Waals surface area contributed by atoms with Crippen molar-refractivity contribution in [1.82, 2.24) is 0 Å². The van der Waals surface area contributed by atoms with Crippen LogP contribution in [0.2, 0.25) is 10.0 Å². The maximum Gasteiger partial charge on any atom is 1.00 e. The van der Waals surface area contributed by atoms with Gasteiger partial charge in [-0.3, -0.25) is 4.79 Å². The van der Waals surface area contributed by atoms with Crippen LogP contribution in [0, 0.1) is 0 Å². The fraction of sp³-hybridized carbons (Fsp3) is 0.235. The van der Waals surface area contributed by atoms with Crippen LogP contribution >= 0.6 is 31.8 Å². The summed E-state index contributed by atoms with van der Waals surface area (Å²) in [5, 5.41) is 1.69. The monoisotopic (exact) mass is 361 g/mol. The topological polar surface area (TPSA) is 26.3 Å². The van der Waals surface area contributed by atoms with Gasteiger partial charge >= 0.3 is 18.9 Å². The van der Waals surface area contributed by atoms with Crippen molar-refractivity contribution in [2.75, 3.05) is 0 Å². The summed E-state index contributed by atoms with van der Waals surface area (Å²) in [5.41, 5.74) is 0.0734. The van der Waals surface area contributed by atoms with E-state index < -0.39 is 0 Å². The summed E-state index contributed by atoms with van der Waals surface area (Å²) in [4.78, 5) is 12.4. The van der Waals surface area contributed by atoms with Crippen molar-refractivity contribution >= 4 is 42.6 Å². The molecule has 6 heteroatoms. The summed E-state index contributed by atoms with van der Waals surface area (Å²) >= 11 is 12.1. The number of hydrogen-bond donors (Lipinski definition) is 0. The third kappa shape index (κ3) is 6.15. The number of ether oxygens (including phenoxy) is 1. The number of carbonyl (C=O) groups excluding carboxylic acids is 1. The van der Waals surface area contributed by atoms with Gasteiger partial charge in [0, 0.05) is 0 Å². The third-order valence-corrected chi connectivity index (χ3v) is 4.46. The number of carbonyl (C=O) groups is 1. The maximum atomic E-state index is 12.4. The van der Waals surface area contributed by atoms with Crippen LogP contribution in [0.4, 0.5) is 0 Å². The second kappa shape index (κ2) is 8.57. The molecule has 0 aliphatic carbocycles. The summed E-state index contributed by atoms with van der Waals surface area (Å²) < 4.78 is 5.76. The van der Waals surface area contributed by atoms with Crippen LogP contribution in [0.1, 0.15) is 31.1 Å². The summed E-state index contributed by atoms with van der Waals surface area (Å²) in [7, 11) is -0.0304. The fourth-order valence-corrected chi connectivity index (χ4v) is 3.59. The molecule has 0 N–H and O–H groups in total. The first kappa shape index (κ1) is 20.6. The molecule has 1 unspecified atom stereocenters. The van der Waals surface area contributed by atoms with E-state index >= 15 is 0 Å². The number of benzene rings is 2. The molecule has 0 aliphatic rings. The molecule has 23 heavy (non-hydrogen) atoms. The van der Waals surface area contributed by atoms with Crippen LogP contribution in [0.5, 0.6) is 5.75 Å². The molecule has 0 amide bonds. The Labute approximate surface area is 160 Å². The van der Waals surface area contributed by atoms with Gasteiger partial charge in [-0.1, -0.05) is 41.4 Å². The smallest absolute Gasteiger partial charge is 0.488 e. The molecule has 0 heterocycles. The molecule has 2 rings (SSSR count). The second-order valence-electron chi connectivity index (χ2n) is 5.79. The SMILES string of the molecule is CC(C)(C)Oc1ccc(PC(=O)c2c(Cl)cccc2Cl)cc1.[Li+]. The van der Waals surface area contributed by atoms with E-state index in [1.807, 2.05) is 45.0 Å². The van der Waals surface area contributed by atoms with Gasteiger partial charge in [0.05, 0.1) is 15.6 Å². The zero-order chi connectivity index (χ0) is 16.3. The van der Waals surface area contributed by atoms with Crippen molar-refractivity contribution in [1.29, 1.82) is 0 Å². The average Bonchev–Trinajstić information content (AvgIpc) is 2.39. The Morgan fingerprint density at radius 1 is 1.00 bits per heavy atom. The molecule has 0 spiro atoms. The fourth-order valence-electron chi connectivity index (χ4n) is 1.87. The molecule has 0 saturated carbocycles. The summed E-state index contributed by atoms with van der Waals surface area (Å²) in [5.74, 6) is 0.782. The molecule has 0 radical (unpaired) electrons. The van der Waals surface area contributed by atoms with Gasteiger partial charge in [-0.2, -0.15) is 0 Å². The van der Waals surface area contributed by atoms with Gasteiger partial charge in [-0.05, 0) is 58.9 Å². The first-order valence-corrected chi connectivity index (χ1v) is 8.56. The van der Waals surface area contributed by atoms with Crippen LogP contribution in [0.3, 0.4) is 0 Å².